The maximum Gasteiger partial charge on any atom is 0.518 e. The van der Waals surface area contributed by atoms with Crippen LogP contribution < -0.4 is 5.82 Å². The molecule has 0 radical (unpaired) electrons. The molecule has 0 amide bonds. The van der Waals surface area contributed by atoms with Crippen LogP contribution in [0.3, 0.4) is 0 Å². The maximum atomic E-state index is 10.8. The van der Waals surface area contributed by atoms with Gasteiger partial charge in [-0.3, -0.25) is 0 Å². The Hall–Kier alpha value is -1.77. The van der Waals surface area contributed by atoms with E-state index in [1.165, 1.54) is 6.26 Å². The second-order valence-corrected chi connectivity index (χ2v) is 2.34. The average Bonchev–Trinajstić information content (AvgIpc) is 2.19. The van der Waals surface area contributed by atoms with E-state index in [2.05, 4.69) is 4.42 Å². The molecule has 0 aliphatic carbocycles. The van der Waals surface area contributed by atoms with Crippen LogP contribution in [0.15, 0.2) is 50.2 Å². The van der Waals surface area contributed by atoms with E-state index >= 15 is 0 Å². The van der Waals surface area contributed by atoms with E-state index in [1.807, 2.05) is 12.1 Å². The average molecular weight is 162 g/mol. The summed E-state index contributed by atoms with van der Waals surface area (Å²) >= 11 is 0. The Bertz CT molecular complexity index is 445. The minimum absolute atomic E-state index is 0.493. The predicted octanol–water partition coefficient (Wildman–Crippen LogP) is 1.95. The van der Waals surface area contributed by atoms with Crippen LogP contribution in [0.2, 0.25) is 0 Å². The van der Waals surface area contributed by atoms with Gasteiger partial charge in [0.2, 0.25) is 0 Å². The number of hydrogen-bond donors (Lipinski definition) is 0. The molecule has 2 heterocycles. The van der Waals surface area contributed by atoms with Gasteiger partial charge in [0.05, 0.1) is 6.26 Å². The Kier molecular flexibility index (Phi) is 1.55. The van der Waals surface area contributed by atoms with Gasteiger partial charge in [0.1, 0.15) is 5.58 Å². The van der Waals surface area contributed by atoms with E-state index in [9.17, 15) is 4.79 Å². The minimum atomic E-state index is -0.710. The molecule has 2 bridgehead atoms. The molecule has 3 nitrogen and oxygen atoms in total. The predicted molar refractivity (Wildman–Crippen MR) is 43.6 cm³/mol. The molecule has 60 valence electrons. The molecular formula is C9H6O3. The number of hydrogen-bond acceptors (Lipinski definition) is 3. The second kappa shape index (κ2) is 2.70. The molecule has 0 saturated heterocycles. The summed E-state index contributed by atoms with van der Waals surface area (Å²) in [6, 6.07) is 8.80. The summed E-state index contributed by atoms with van der Waals surface area (Å²) in [4.78, 5) is 10.8. The Balaban J connectivity index is 2.97. The van der Waals surface area contributed by atoms with E-state index < -0.39 is 5.82 Å². The monoisotopic (exact) mass is 162 g/mol. The van der Waals surface area contributed by atoms with Crippen LogP contribution in [-0.2, 0) is 0 Å². The van der Waals surface area contributed by atoms with Crippen LogP contribution in [0, 0.1) is 0 Å². The van der Waals surface area contributed by atoms with Gasteiger partial charge >= 0.3 is 5.82 Å². The normalized spacial score (nSPS) is 10.0. The zero-order valence-corrected chi connectivity index (χ0v) is 6.19. The van der Waals surface area contributed by atoms with Crippen LogP contribution in [-0.4, -0.2) is 0 Å². The summed E-state index contributed by atoms with van der Waals surface area (Å²) in [6.07, 6.45) is 1.31. The highest BCUT2D eigenvalue weighted by Crippen LogP contribution is 2.04. The van der Waals surface area contributed by atoms with Crippen molar-refractivity contribution in [3.05, 3.63) is 47.2 Å². The molecule has 0 saturated carbocycles. The summed E-state index contributed by atoms with van der Waals surface area (Å²) in [5, 5.41) is 0.969. The first-order valence-electron chi connectivity index (χ1n) is 3.50. The number of benzene rings is 1. The van der Waals surface area contributed by atoms with Crippen LogP contribution in [0.25, 0.3) is 11.0 Å². The fourth-order valence-electron chi connectivity index (χ4n) is 0.935. The van der Waals surface area contributed by atoms with Gasteiger partial charge in [0.15, 0.2) is 0 Å². The lowest BCUT2D eigenvalue weighted by Crippen LogP contribution is -1.89. The van der Waals surface area contributed by atoms with Crippen molar-refractivity contribution in [3.63, 3.8) is 0 Å². The molecule has 0 N–H and O–H groups in total. The van der Waals surface area contributed by atoms with Gasteiger partial charge in [-0.05, 0) is 23.6 Å². The van der Waals surface area contributed by atoms with Gasteiger partial charge < -0.3 is 8.83 Å². The Labute approximate surface area is 67.9 Å². The van der Waals surface area contributed by atoms with Crippen molar-refractivity contribution in [3.8, 4) is 0 Å². The largest absolute Gasteiger partial charge is 0.518 e. The highest BCUT2D eigenvalue weighted by Gasteiger charge is 1.87. The molecule has 0 atom stereocenters. The highest BCUT2D eigenvalue weighted by atomic mass is 16.5. The number of fused-ring (bicyclic) bond motifs is 6. The number of rotatable bonds is 0. The Morgan fingerprint density at radius 3 is 2.50 bits per heavy atom. The van der Waals surface area contributed by atoms with Crippen LogP contribution in [0.4, 0.5) is 0 Å². The summed E-state index contributed by atoms with van der Waals surface area (Å²) in [6.45, 7) is 0. The first-order valence-corrected chi connectivity index (χ1v) is 3.50. The van der Waals surface area contributed by atoms with E-state index in [0.29, 0.717) is 5.58 Å². The van der Waals surface area contributed by atoms with E-state index in [-0.39, 0.29) is 0 Å². The summed E-state index contributed by atoms with van der Waals surface area (Å²) in [7, 11) is 0. The molecule has 12 heavy (non-hydrogen) atoms. The lowest BCUT2D eigenvalue weighted by molar-refractivity contribution is 0.353. The van der Waals surface area contributed by atoms with Gasteiger partial charge in [-0.1, -0.05) is 12.1 Å². The third-order valence-electron chi connectivity index (χ3n) is 1.51. The summed E-state index contributed by atoms with van der Waals surface area (Å²) in [5.41, 5.74) is 0.493. The SMILES string of the molecule is O=c1occc2ccc(cc2)o1. The molecule has 0 fully saturated rings. The van der Waals surface area contributed by atoms with E-state index in [1.54, 1.807) is 18.2 Å². The van der Waals surface area contributed by atoms with Crippen molar-refractivity contribution < 1.29 is 8.83 Å². The van der Waals surface area contributed by atoms with Gasteiger partial charge in [-0.2, -0.15) is 0 Å². The maximum absolute atomic E-state index is 10.8. The van der Waals surface area contributed by atoms with Crippen molar-refractivity contribution in [2.75, 3.05) is 0 Å². The fourth-order valence-corrected chi connectivity index (χ4v) is 0.935. The zero-order valence-electron chi connectivity index (χ0n) is 6.19. The van der Waals surface area contributed by atoms with Crippen LogP contribution in [0.5, 0.6) is 0 Å². The molecule has 0 aliphatic heterocycles. The van der Waals surface area contributed by atoms with Gasteiger partial charge in [0.25, 0.3) is 0 Å². The fraction of sp³-hybridized carbons (Fsp3) is 0. The third kappa shape index (κ3) is 1.29. The topological polar surface area (TPSA) is 43.4 Å². The molecule has 2 aromatic heterocycles. The van der Waals surface area contributed by atoms with Crippen molar-refractivity contribution >= 4 is 11.0 Å². The van der Waals surface area contributed by atoms with Crippen molar-refractivity contribution in [1.29, 1.82) is 0 Å². The van der Waals surface area contributed by atoms with Gasteiger partial charge in [-0.25, -0.2) is 4.79 Å². The van der Waals surface area contributed by atoms with E-state index in [4.69, 9.17) is 4.42 Å². The van der Waals surface area contributed by atoms with Gasteiger partial charge in [-0.15, -0.1) is 0 Å². The molecule has 0 unspecified atom stereocenters. The molecule has 0 spiro atoms. The lowest BCUT2D eigenvalue weighted by atomic mass is 10.3. The van der Waals surface area contributed by atoms with Crippen molar-refractivity contribution in [1.82, 2.24) is 0 Å². The van der Waals surface area contributed by atoms with Crippen molar-refractivity contribution in [2.45, 2.75) is 0 Å². The molecular weight excluding hydrogens is 156 g/mol. The first-order chi connectivity index (χ1) is 5.84. The quantitative estimate of drug-likeness (QED) is 0.594. The standard InChI is InChI=1S/C9H6O3/c10-9-11-6-5-7-1-3-8(12-9)4-2-7/h1-6H. The van der Waals surface area contributed by atoms with E-state index in [0.717, 1.165) is 5.39 Å². The molecule has 3 rings (SSSR count). The highest BCUT2D eigenvalue weighted by molar-refractivity contribution is 5.58. The van der Waals surface area contributed by atoms with Gasteiger partial charge in [0, 0.05) is 0 Å². The molecule has 0 aliphatic rings. The molecule has 1 aromatic carbocycles. The minimum Gasteiger partial charge on any atom is -0.403 e. The Morgan fingerprint density at radius 2 is 1.75 bits per heavy atom. The summed E-state index contributed by atoms with van der Waals surface area (Å²) in [5.74, 6) is -0.710. The Morgan fingerprint density at radius 1 is 1.00 bits per heavy atom. The first kappa shape index (κ1) is 6.91. The molecule has 3 heteroatoms. The summed E-state index contributed by atoms with van der Waals surface area (Å²) < 4.78 is 9.36. The lowest BCUT2D eigenvalue weighted by Gasteiger charge is -1.83. The second-order valence-electron chi connectivity index (χ2n) is 2.34. The smallest absolute Gasteiger partial charge is 0.403 e. The van der Waals surface area contributed by atoms with Crippen LogP contribution >= 0.6 is 0 Å². The van der Waals surface area contributed by atoms with Crippen LogP contribution in [0.1, 0.15) is 0 Å². The third-order valence-corrected chi connectivity index (χ3v) is 1.51. The van der Waals surface area contributed by atoms with Crippen molar-refractivity contribution in [2.24, 2.45) is 0 Å². The zero-order chi connectivity index (χ0) is 8.39. The molecule has 3 aromatic rings.